The number of likely N-dealkylation sites (N-methyl/N-ethyl adjacent to an activating group) is 1. The topological polar surface area (TPSA) is 79.0 Å². The summed E-state index contributed by atoms with van der Waals surface area (Å²) in [5.41, 5.74) is 1.45. The van der Waals surface area contributed by atoms with E-state index in [1.165, 1.54) is 0 Å². The van der Waals surface area contributed by atoms with Crippen LogP contribution in [-0.4, -0.2) is 66.2 Å². The number of carbonyl (C=O) groups is 3. The third-order valence-electron chi connectivity index (χ3n) is 5.69. The van der Waals surface area contributed by atoms with Crippen LogP contribution < -0.4 is 10.1 Å². The summed E-state index contributed by atoms with van der Waals surface area (Å²) in [6, 6.07) is 11.8. The number of ketones is 1. The molecule has 31 heavy (non-hydrogen) atoms. The van der Waals surface area contributed by atoms with Crippen LogP contribution in [0.15, 0.2) is 42.5 Å². The van der Waals surface area contributed by atoms with Crippen LogP contribution in [0.3, 0.4) is 0 Å². The van der Waals surface area contributed by atoms with Gasteiger partial charge in [0.05, 0.1) is 12.0 Å². The molecule has 0 atom stereocenters. The molecule has 2 amide bonds. The average Bonchev–Trinajstić information content (AvgIpc) is 2.73. The number of rotatable bonds is 3. The van der Waals surface area contributed by atoms with E-state index in [0.717, 1.165) is 13.1 Å². The van der Waals surface area contributed by atoms with E-state index in [-0.39, 0.29) is 24.0 Å². The minimum absolute atomic E-state index is 0.00194. The summed E-state index contributed by atoms with van der Waals surface area (Å²) in [7, 11) is 2.05. The van der Waals surface area contributed by atoms with E-state index in [1.807, 2.05) is 25.8 Å². The fraction of sp³-hybridized carbons (Fsp3) is 0.375. The molecular weight excluding hydrogens is 394 g/mol. The molecule has 0 spiro atoms. The van der Waals surface area contributed by atoms with E-state index in [4.69, 9.17) is 4.74 Å². The fourth-order valence-corrected chi connectivity index (χ4v) is 3.89. The van der Waals surface area contributed by atoms with E-state index in [1.54, 1.807) is 42.5 Å². The molecule has 0 saturated carbocycles. The number of Topliss-reactive ketones (excluding diaryl/α,β-unsaturated/α-hetero) is 1. The summed E-state index contributed by atoms with van der Waals surface area (Å²) >= 11 is 0. The lowest BCUT2D eigenvalue weighted by molar-refractivity contribution is 0.0618. The van der Waals surface area contributed by atoms with Gasteiger partial charge in [-0.15, -0.1) is 0 Å². The molecule has 0 aliphatic carbocycles. The minimum atomic E-state index is -0.544. The Kier molecular flexibility index (Phi) is 5.54. The predicted molar refractivity (Wildman–Crippen MR) is 118 cm³/mol. The summed E-state index contributed by atoms with van der Waals surface area (Å²) < 4.78 is 5.84. The van der Waals surface area contributed by atoms with Gasteiger partial charge in [0.25, 0.3) is 11.8 Å². The van der Waals surface area contributed by atoms with Crippen molar-refractivity contribution >= 4 is 23.3 Å². The van der Waals surface area contributed by atoms with Gasteiger partial charge in [-0.3, -0.25) is 14.4 Å². The summed E-state index contributed by atoms with van der Waals surface area (Å²) in [4.78, 5) is 41.8. The Labute approximate surface area is 182 Å². The van der Waals surface area contributed by atoms with Crippen molar-refractivity contribution in [2.24, 2.45) is 0 Å². The van der Waals surface area contributed by atoms with Crippen LogP contribution in [-0.2, 0) is 0 Å². The standard InChI is InChI=1S/C24H27N3O4/c1-24(2)15-20(28)19-14-17(6-9-21(19)31-24)22(29)25-18-7-4-16(5-8-18)23(30)27-12-10-26(3)11-13-27/h4-9,14H,10-13,15H2,1-3H3,(H,25,29). The summed E-state index contributed by atoms with van der Waals surface area (Å²) in [5.74, 6) is 0.151. The molecule has 0 bridgehead atoms. The Morgan fingerprint density at radius 2 is 1.61 bits per heavy atom. The molecule has 4 rings (SSSR count). The predicted octanol–water partition coefficient (Wildman–Crippen LogP) is 3.07. The molecule has 7 heteroatoms. The van der Waals surface area contributed by atoms with E-state index >= 15 is 0 Å². The van der Waals surface area contributed by atoms with E-state index in [9.17, 15) is 14.4 Å². The average molecular weight is 421 g/mol. The summed E-state index contributed by atoms with van der Waals surface area (Å²) in [6.45, 7) is 6.90. The maximum Gasteiger partial charge on any atom is 0.255 e. The number of carbonyl (C=O) groups excluding carboxylic acids is 3. The normalized spacial score (nSPS) is 18.2. The number of nitrogens with zero attached hydrogens (tertiary/aromatic N) is 2. The highest BCUT2D eigenvalue weighted by Gasteiger charge is 2.32. The molecule has 7 nitrogen and oxygen atoms in total. The van der Waals surface area contributed by atoms with Gasteiger partial charge < -0.3 is 19.9 Å². The number of fused-ring (bicyclic) bond motifs is 1. The number of anilines is 1. The van der Waals surface area contributed by atoms with Crippen LogP contribution in [0.4, 0.5) is 5.69 Å². The van der Waals surface area contributed by atoms with Crippen molar-refractivity contribution in [3.8, 4) is 5.75 Å². The van der Waals surface area contributed by atoms with Crippen molar-refractivity contribution in [1.82, 2.24) is 9.80 Å². The van der Waals surface area contributed by atoms with Crippen molar-refractivity contribution in [1.29, 1.82) is 0 Å². The molecule has 1 N–H and O–H groups in total. The molecule has 2 aromatic carbocycles. The van der Waals surface area contributed by atoms with E-state index in [2.05, 4.69) is 10.2 Å². The molecular formula is C24H27N3O4. The number of hydrogen-bond donors (Lipinski definition) is 1. The lowest BCUT2D eigenvalue weighted by atomic mass is 9.92. The van der Waals surface area contributed by atoms with Crippen LogP contribution in [0, 0.1) is 0 Å². The van der Waals surface area contributed by atoms with Crippen LogP contribution in [0.2, 0.25) is 0 Å². The largest absolute Gasteiger partial charge is 0.487 e. The van der Waals surface area contributed by atoms with Crippen LogP contribution in [0.25, 0.3) is 0 Å². The Morgan fingerprint density at radius 1 is 0.968 bits per heavy atom. The van der Waals surface area contributed by atoms with E-state index in [0.29, 0.717) is 41.2 Å². The van der Waals surface area contributed by atoms with Crippen molar-refractivity contribution in [2.45, 2.75) is 25.9 Å². The molecule has 2 aliphatic heterocycles. The van der Waals surface area contributed by atoms with Crippen LogP contribution in [0.5, 0.6) is 5.75 Å². The second-order valence-corrected chi connectivity index (χ2v) is 8.80. The SMILES string of the molecule is CN1CCN(C(=O)c2ccc(NC(=O)c3ccc4c(c3)C(=O)CC(C)(C)O4)cc2)CC1. The lowest BCUT2D eigenvalue weighted by Crippen LogP contribution is -2.47. The fourth-order valence-electron chi connectivity index (χ4n) is 3.89. The Balaban J connectivity index is 1.43. The van der Waals surface area contributed by atoms with Gasteiger partial charge in [0.1, 0.15) is 11.4 Å². The Bertz CT molecular complexity index is 1020. The first-order valence-electron chi connectivity index (χ1n) is 10.5. The monoisotopic (exact) mass is 421 g/mol. The van der Waals surface area contributed by atoms with Gasteiger partial charge in [-0.25, -0.2) is 0 Å². The Morgan fingerprint density at radius 3 is 2.29 bits per heavy atom. The molecule has 0 aromatic heterocycles. The maximum atomic E-state index is 12.7. The van der Waals surface area contributed by atoms with Crippen LogP contribution >= 0.6 is 0 Å². The molecule has 0 unspecified atom stereocenters. The van der Waals surface area contributed by atoms with Crippen molar-refractivity contribution < 1.29 is 19.1 Å². The highest BCUT2D eigenvalue weighted by Crippen LogP contribution is 2.33. The Hall–Kier alpha value is -3.19. The summed E-state index contributed by atoms with van der Waals surface area (Å²) in [6.07, 6.45) is 0.272. The van der Waals surface area contributed by atoms with E-state index < -0.39 is 5.60 Å². The zero-order valence-electron chi connectivity index (χ0n) is 18.1. The number of amides is 2. The van der Waals surface area contributed by atoms with Gasteiger partial charge in [-0.1, -0.05) is 0 Å². The maximum absolute atomic E-state index is 12.7. The first kappa shape index (κ1) is 21.1. The molecule has 2 aliphatic rings. The van der Waals surface area contributed by atoms with Crippen molar-refractivity contribution in [2.75, 3.05) is 38.5 Å². The van der Waals surface area contributed by atoms with Gasteiger partial charge in [-0.2, -0.15) is 0 Å². The second-order valence-electron chi connectivity index (χ2n) is 8.80. The quantitative estimate of drug-likeness (QED) is 0.824. The summed E-state index contributed by atoms with van der Waals surface area (Å²) in [5, 5.41) is 2.82. The minimum Gasteiger partial charge on any atom is -0.487 e. The highest BCUT2D eigenvalue weighted by molar-refractivity contribution is 6.08. The number of hydrogen-bond acceptors (Lipinski definition) is 5. The van der Waals surface area contributed by atoms with Crippen molar-refractivity contribution in [3.05, 3.63) is 59.2 Å². The molecule has 1 fully saturated rings. The zero-order valence-corrected chi connectivity index (χ0v) is 18.1. The van der Waals surface area contributed by atoms with Gasteiger partial charge in [0, 0.05) is 43.0 Å². The second kappa shape index (κ2) is 8.15. The van der Waals surface area contributed by atoms with Crippen molar-refractivity contribution in [3.63, 3.8) is 0 Å². The van der Waals surface area contributed by atoms with Gasteiger partial charge >= 0.3 is 0 Å². The molecule has 2 aromatic rings. The molecule has 1 saturated heterocycles. The highest BCUT2D eigenvalue weighted by atomic mass is 16.5. The molecule has 2 heterocycles. The third kappa shape index (κ3) is 4.61. The number of ether oxygens (including phenoxy) is 1. The van der Waals surface area contributed by atoms with Gasteiger partial charge in [-0.05, 0) is 63.4 Å². The van der Waals surface area contributed by atoms with Gasteiger partial charge in [0.2, 0.25) is 0 Å². The van der Waals surface area contributed by atoms with Crippen LogP contribution in [0.1, 0.15) is 51.3 Å². The zero-order chi connectivity index (χ0) is 22.2. The number of nitrogens with one attached hydrogen (secondary N) is 1. The smallest absolute Gasteiger partial charge is 0.255 e. The number of benzene rings is 2. The lowest BCUT2D eigenvalue weighted by Gasteiger charge is -2.32. The molecule has 162 valence electrons. The van der Waals surface area contributed by atoms with Gasteiger partial charge in [0.15, 0.2) is 5.78 Å². The first-order chi connectivity index (χ1) is 14.7. The first-order valence-corrected chi connectivity index (χ1v) is 10.5. The number of piperazine rings is 1. The third-order valence-corrected chi connectivity index (χ3v) is 5.69. The molecule has 0 radical (unpaired) electrons.